The standard InChI is InChI=1S/C26H20N4O2/c27-12-17-4-6-20(7-5-17)26(32)29-14-19-11-22(16-29)25-23(8-9-24(31)30(25)15-19)21-3-1-2-18(10-21)13-28/h1-10,19,22H,11,14-16H2/t19-,22-/m0/s1. The summed E-state index contributed by atoms with van der Waals surface area (Å²) in [6.45, 7) is 1.71. The number of amides is 1. The lowest BCUT2D eigenvalue weighted by molar-refractivity contribution is 0.0595. The summed E-state index contributed by atoms with van der Waals surface area (Å²) in [6, 6.07) is 21.8. The van der Waals surface area contributed by atoms with E-state index in [9.17, 15) is 14.9 Å². The maximum absolute atomic E-state index is 13.2. The number of fused-ring (bicyclic) bond motifs is 4. The van der Waals surface area contributed by atoms with E-state index in [1.54, 1.807) is 36.4 Å². The molecule has 2 aromatic carbocycles. The molecule has 0 unspecified atom stereocenters. The molecule has 0 saturated carbocycles. The Bertz CT molecular complexity index is 1360. The zero-order chi connectivity index (χ0) is 22.2. The van der Waals surface area contributed by atoms with Gasteiger partial charge in [-0.1, -0.05) is 12.1 Å². The van der Waals surface area contributed by atoms with Crippen LogP contribution in [0.4, 0.5) is 0 Å². The van der Waals surface area contributed by atoms with E-state index in [0.29, 0.717) is 36.3 Å². The Morgan fingerprint density at radius 2 is 1.69 bits per heavy atom. The quantitative estimate of drug-likeness (QED) is 0.634. The van der Waals surface area contributed by atoms with E-state index in [1.165, 1.54) is 0 Å². The van der Waals surface area contributed by atoms with Crippen molar-refractivity contribution in [3.05, 3.63) is 93.4 Å². The van der Waals surface area contributed by atoms with Gasteiger partial charge in [-0.15, -0.1) is 0 Å². The molecule has 6 nitrogen and oxygen atoms in total. The highest BCUT2D eigenvalue weighted by molar-refractivity contribution is 5.94. The Morgan fingerprint density at radius 1 is 0.906 bits per heavy atom. The molecule has 0 radical (unpaired) electrons. The minimum absolute atomic E-state index is 0.0262. The SMILES string of the molecule is N#Cc1ccc(C(=O)N2C[C@@H]3C[C@@H](C2)c2c(-c4cccc(C#N)c4)ccc(=O)n2C3)cc1. The van der Waals surface area contributed by atoms with Gasteiger partial charge in [0.05, 0.1) is 23.3 Å². The lowest BCUT2D eigenvalue weighted by Gasteiger charge is -2.43. The highest BCUT2D eigenvalue weighted by atomic mass is 16.2. The molecule has 2 bridgehead atoms. The third kappa shape index (κ3) is 3.36. The summed E-state index contributed by atoms with van der Waals surface area (Å²) in [5.74, 6) is 0.199. The predicted molar refractivity (Wildman–Crippen MR) is 119 cm³/mol. The van der Waals surface area contributed by atoms with Gasteiger partial charge in [-0.05, 0) is 60.4 Å². The predicted octanol–water partition coefficient (Wildman–Crippen LogP) is 3.52. The van der Waals surface area contributed by atoms with Crippen molar-refractivity contribution in [3.63, 3.8) is 0 Å². The summed E-state index contributed by atoms with van der Waals surface area (Å²) in [5, 5.41) is 18.3. The van der Waals surface area contributed by atoms with Gasteiger partial charge in [0.1, 0.15) is 0 Å². The van der Waals surface area contributed by atoms with E-state index in [0.717, 1.165) is 23.2 Å². The first kappa shape index (κ1) is 19.8. The number of hydrogen-bond acceptors (Lipinski definition) is 4. The second kappa shape index (κ2) is 7.83. The van der Waals surface area contributed by atoms with Crippen molar-refractivity contribution in [2.75, 3.05) is 13.1 Å². The first-order valence-corrected chi connectivity index (χ1v) is 10.6. The molecule has 1 saturated heterocycles. The van der Waals surface area contributed by atoms with Gasteiger partial charge in [0.2, 0.25) is 0 Å². The summed E-state index contributed by atoms with van der Waals surface area (Å²) >= 11 is 0. The van der Waals surface area contributed by atoms with Crippen LogP contribution in [0, 0.1) is 28.6 Å². The molecule has 32 heavy (non-hydrogen) atoms. The molecule has 3 aromatic rings. The zero-order valence-corrected chi connectivity index (χ0v) is 17.4. The smallest absolute Gasteiger partial charge is 0.253 e. The summed E-state index contributed by atoms with van der Waals surface area (Å²) in [6.07, 6.45) is 0.922. The van der Waals surface area contributed by atoms with Crippen LogP contribution < -0.4 is 5.56 Å². The van der Waals surface area contributed by atoms with Gasteiger partial charge in [0.25, 0.3) is 11.5 Å². The Hall–Kier alpha value is -4.16. The van der Waals surface area contributed by atoms with Crippen LogP contribution >= 0.6 is 0 Å². The van der Waals surface area contributed by atoms with Crippen molar-refractivity contribution in [1.29, 1.82) is 10.5 Å². The number of carbonyl (C=O) groups excluding carboxylic acids is 1. The van der Waals surface area contributed by atoms with Crippen molar-refractivity contribution < 1.29 is 4.79 Å². The van der Waals surface area contributed by atoms with Gasteiger partial charge in [-0.3, -0.25) is 9.59 Å². The topological polar surface area (TPSA) is 89.9 Å². The number of hydrogen-bond donors (Lipinski definition) is 0. The number of nitrogens with zero attached hydrogens (tertiary/aromatic N) is 4. The molecule has 0 N–H and O–H groups in total. The van der Waals surface area contributed by atoms with E-state index >= 15 is 0 Å². The molecule has 0 spiro atoms. The number of benzene rings is 2. The first-order valence-electron chi connectivity index (χ1n) is 10.6. The second-order valence-electron chi connectivity index (χ2n) is 8.47. The Balaban J connectivity index is 1.52. The maximum atomic E-state index is 13.2. The number of carbonyl (C=O) groups is 1. The van der Waals surface area contributed by atoms with E-state index in [2.05, 4.69) is 12.1 Å². The lowest BCUT2D eigenvalue weighted by Crippen LogP contribution is -2.49. The van der Waals surface area contributed by atoms with Gasteiger partial charge in [0, 0.05) is 48.4 Å². The van der Waals surface area contributed by atoms with Crippen molar-refractivity contribution in [1.82, 2.24) is 9.47 Å². The fourth-order valence-corrected chi connectivity index (χ4v) is 5.05. The van der Waals surface area contributed by atoms with Crippen LogP contribution in [0.5, 0.6) is 0 Å². The van der Waals surface area contributed by atoms with Crippen LogP contribution in [0.15, 0.2) is 65.5 Å². The average Bonchev–Trinajstić information content (AvgIpc) is 2.84. The Kier molecular flexibility index (Phi) is 4.84. The largest absolute Gasteiger partial charge is 0.338 e. The summed E-state index contributed by atoms with van der Waals surface area (Å²) in [5.41, 5.74) is 4.43. The molecule has 5 rings (SSSR count). The molecule has 1 aromatic heterocycles. The fraction of sp³-hybridized carbons (Fsp3) is 0.231. The van der Waals surface area contributed by atoms with Gasteiger partial charge in [0.15, 0.2) is 0 Å². The lowest BCUT2D eigenvalue weighted by atomic mass is 9.80. The van der Waals surface area contributed by atoms with Gasteiger partial charge in [-0.2, -0.15) is 10.5 Å². The maximum Gasteiger partial charge on any atom is 0.253 e. The molecule has 1 fully saturated rings. The fourth-order valence-electron chi connectivity index (χ4n) is 5.05. The highest BCUT2D eigenvalue weighted by Gasteiger charge is 2.38. The molecule has 6 heteroatoms. The number of likely N-dealkylation sites (tertiary alicyclic amines) is 1. The molecule has 156 valence electrons. The van der Waals surface area contributed by atoms with Crippen molar-refractivity contribution in [2.45, 2.75) is 18.9 Å². The van der Waals surface area contributed by atoms with Crippen LogP contribution in [-0.4, -0.2) is 28.5 Å². The highest BCUT2D eigenvalue weighted by Crippen LogP contribution is 2.40. The molecule has 2 aliphatic heterocycles. The van der Waals surface area contributed by atoms with Crippen LogP contribution in [0.2, 0.25) is 0 Å². The van der Waals surface area contributed by atoms with E-state index < -0.39 is 0 Å². The van der Waals surface area contributed by atoms with Crippen molar-refractivity contribution in [2.24, 2.45) is 5.92 Å². The third-order valence-corrected chi connectivity index (χ3v) is 6.44. The summed E-state index contributed by atoms with van der Waals surface area (Å²) in [4.78, 5) is 27.8. The van der Waals surface area contributed by atoms with Gasteiger partial charge in [-0.25, -0.2) is 0 Å². The average molecular weight is 420 g/mol. The number of nitriles is 2. The molecular formula is C26H20N4O2. The monoisotopic (exact) mass is 420 g/mol. The molecule has 1 amide bonds. The van der Waals surface area contributed by atoms with Gasteiger partial charge < -0.3 is 9.47 Å². The van der Waals surface area contributed by atoms with E-state index in [-0.39, 0.29) is 23.3 Å². The van der Waals surface area contributed by atoms with Crippen LogP contribution in [0.1, 0.15) is 39.5 Å². The third-order valence-electron chi connectivity index (χ3n) is 6.44. The second-order valence-corrected chi connectivity index (χ2v) is 8.47. The Labute approximate surface area is 185 Å². The minimum atomic E-state index is -0.0519. The minimum Gasteiger partial charge on any atom is -0.338 e. The normalized spacial score (nSPS) is 18.9. The number of piperidine rings is 1. The van der Waals surface area contributed by atoms with Crippen LogP contribution in [0.3, 0.4) is 0 Å². The Morgan fingerprint density at radius 3 is 2.44 bits per heavy atom. The van der Waals surface area contributed by atoms with Crippen LogP contribution in [0.25, 0.3) is 11.1 Å². The number of pyridine rings is 1. The van der Waals surface area contributed by atoms with Crippen molar-refractivity contribution in [3.8, 4) is 23.3 Å². The van der Waals surface area contributed by atoms with Crippen LogP contribution in [-0.2, 0) is 6.54 Å². The van der Waals surface area contributed by atoms with Gasteiger partial charge >= 0.3 is 0 Å². The molecule has 2 atom stereocenters. The molecular weight excluding hydrogens is 400 g/mol. The molecule has 3 heterocycles. The first-order chi connectivity index (χ1) is 15.6. The zero-order valence-electron chi connectivity index (χ0n) is 17.4. The van der Waals surface area contributed by atoms with E-state index in [4.69, 9.17) is 5.26 Å². The molecule has 2 aliphatic rings. The van der Waals surface area contributed by atoms with E-state index in [1.807, 2.05) is 33.7 Å². The summed E-state index contributed by atoms with van der Waals surface area (Å²) in [7, 11) is 0. The summed E-state index contributed by atoms with van der Waals surface area (Å²) < 4.78 is 1.86. The number of rotatable bonds is 2. The number of aromatic nitrogens is 1. The van der Waals surface area contributed by atoms with Crippen molar-refractivity contribution >= 4 is 5.91 Å². The molecule has 0 aliphatic carbocycles.